The van der Waals surface area contributed by atoms with Gasteiger partial charge >= 0.3 is 0 Å². The van der Waals surface area contributed by atoms with Gasteiger partial charge in [-0.05, 0) is 12.8 Å². The third-order valence-corrected chi connectivity index (χ3v) is 4.22. The van der Waals surface area contributed by atoms with Crippen molar-refractivity contribution in [3.05, 3.63) is 0 Å². The van der Waals surface area contributed by atoms with Gasteiger partial charge in [0.1, 0.15) is 0 Å². The van der Waals surface area contributed by atoms with Gasteiger partial charge in [-0.25, -0.2) is 0 Å². The molecule has 0 spiro atoms. The normalized spacial score (nSPS) is 32.5. The van der Waals surface area contributed by atoms with Crippen molar-refractivity contribution in [2.24, 2.45) is 11.3 Å². The van der Waals surface area contributed by atoms with Crippen LogP contribution in [0.5, 0.6) is 0 Å². The molecular formula is C17H34O2. The van der Waals surface area contributed by atoms with Crippen molar-refractivity contribution in [2.45, 2.75) is 98.6 Å². The lowest BCUT2D eigenvalue weighted by molar-refractivity contribution is -0.299. The van der Waals surface area contributed by atoms with Crippen LogP contribution in [0.3, 0.4) is 0 Å². The van der Waals surface area contributed by atoms with Crippen LogP contribution >= 0.6 is 0 Å². The molecule has 114 valence electrons. The first-order valence-electron chi connectivity index (χ1n) is 8.21. The number of unbranched alkanes of at least 4 members (excludes halogenated alkanes) is 3. The highest BCUT2D eigenvalue weighted by atomic mass is 16.7. The minimum atomic E-state index is -0.0511. The Bertz CT molecular complexity index is 244. The van der Waals surface area contributed by atoms with Crippen LogP contribution in [0.15, 0.2) is 0 Å². The van der Waals surface area contributed by atoms with E-state index >= 15 is 0 Å². The molecule has 0 bridgehead atoms. The summed E-state index contributed by atoms with van der Waals surface area (Å²) >= 11 is 0. The maximum Gasteiger partial charge on any atom is 0.163 e. The molecule has 0 radical (unpaired) electrons. The maximum atomic E-state index is 6.25. The Balaban J connectivity index is 2.56. The molecule has 1 fully saturated rings. The first-order chi connectivity index (χ1) is 8.90. The van der Waals surface area contributed by atoms with E-state index in [4.69, 9.17) is 9.47 Å². The fourth-order valence-electron chi connectivity index (χ4n) is 2.82. The molecule has 2 nitrogen and oxygen atoms in total. The average molecular weight is 270 g/mol. The standard InChI is InChI=1S/C17H34O2/c1-7-9-10-11-12-15-13(3)14(8-2)18-16(19-15)17(4,5)6/h13-16H,7-12H2,1-6H3/t13-,14+,15+,16-/m1/s1. The zero-order chi connectivity index (χ0) is 14.5. The monoisotopic (exact) mass is 270 g/mol. The Kier molecular flexibility index (Phi) is 6.82. The van der Waals surface area contributed by atoms with Gasteiger partial charge < -0.3 is 9.47 Å². The molecule has 0 amide bonds. The average Bonchev–Trinajstić information content (AvgIpc) is 2.35. The molecule has 0 aromatic heterocycles. The summed E-state index contributed by atoms with van der Waals surface area (Å²) in [6.07, 6.45) is 8.22. The molecule has 1 heterocycles. The van der Waals surface area contributed by atoms with Crippen LogP contribution < -0.4 is 0 Å². The lowest BCUT2D eigenvalue weighted by atomic mass is 9.88. The molecule has 1 aliphatic heterocycles. The van der Waals surface area contributed by atoms with Crippen LogP contribution in [-0.2, 0) is 9.47 Å². The van der Waals surface area contributed by atoms with Crippen molar-refractivity contribution in [2.75, 3.05) is 0 Å². The number of hydrogen-bond acceptors (Lipinski definition) is 2. The van der Waals surface area contributed by atoms with Gasteiger partial charge in [-0.2, -0.15) is 0 Å². The van der Waals surface area contributed by atoms with Crippen LogP contribution in [-0.4, -0.2) is 18.5 Å². The molecule has 2 heteroatoms. The second kappa shape index (κ2) is 7.64. The Morgan fingerprint density at radius 2 is 1.53 bits per heavy atom. The summed E-state index contributed by atoms with van der Waals surface area (Å²) in [7, 11) is 0. The molecule has 0 unspecified atom stereocenters. The third kappa shape index (κ3) is 5.07. The summed E-state index contributed by atoms with van der Waals surface area (Å²) in [5, 5.41) is 0. The number of ether oxygens (including phenoxy) is 2. The van der Waals surface area contributed by atoms with Gasteiger partial charge in [0.15, 0.2) is 6.29 Å². The van der Waals surface area contributed by atoms with E-state index in [-0.39, 0.29) is 11.7 Å². The Morgan fingerprint density at radius 3 is 2.05 bits per heavy atom. The highest BCUT2D eigenvalue weighted by Crippen LogP contribution is 2.36. The van der Waals surface area contributed by atoms with Gasteiger partial charge in [-0.15, -0.1) is 0 Å². The first kappa shape index (κ1) is 17.0. The second-order valence-electron chi connectivity index (χ2n) is 7.16. The second-order valence-corrected chi connectivity index (χ2v) is 7.16. The van der Waals surface area contributed by atoms with Crippen molar-refractivity contribution in [1.82, 2.24) is 0 Å². The molecule has 0 aromatic rings. The van der Waals surface area contributed by atoms with Gasteiger partial charge in [-0.3, -0.25) is 0 Å². The molecule has 0 aromatic carbocycles. The Labute approximate surface area is 120 Å². The van der Waals surface area contributed by atoms with Crippen molar-refractivity contribution >= 4 is 0 Å². The summed E-state index contributed by atoms with van der Waals surface area (Å²) < 4.78 is 12.4. The molecule has 19 heavy (non-hydrogen) atoms. The van der Waals surface area contributed by atoms with E-state index in [1.165, 1.54) is 32.1 Å². The van der Waals surface area contributed by atoms with Crippen molar-refractivity contribution < 1.29 is 9.47 Å². The highest BCUT2D eigenvalue weighted by molar-refractivity contribution is 4.82. The van der Waals surface area contributed by atoms with Crippen LogP contribution in [0, 0.1) is 11.3 Å². The summed E-state index contributed by atoms with van der Waals surface area (Å²) in [5.74, 6) is 0.519. The smallest absolute Gasteiger partial charge is 0.163 e. The van der Waals surface area contributed by atoms with E-state index < -0.39 is 0 Å². The van der Waals surface area contributed by atoms with Crippen LogP contribution in [0.2, 0.25) is 0 Å². The number of hydrogen-bond donors (Lipinski definition) is 0. The minimum Gasteiger partial charge on any atom is -0.348 e. The van der Waals surface area contributed by atoms with Crippen molar-refractivity contribution in [1.29, 1.82) is 0 Å². The predicted octanol–water partition coefficient (Wildman–Crippen LogP) is 5.16. The SMILES string of the molecule is CCCCCC[C@@H]1O[C@H](C(C)(C)C)O[C@@H](CC)[C@H]1C. The first-order valence-corrected chi connectivity index (χ1v) is 8.21. The van der Waals surface area contributed by atoms with E-state index in [2.05, 4.69) is 41.5 Å². The Hall–Kier alpha value is -0.0800. The van der Waals surface area contributed by atoms with Gasteiger partial charge in [-0.1, -0.05) is 67.2 Å². The molecule has 0 aliphatic carbocycles. The predicted molar refractivity (Wildman–Crippen MR) is 81.2 cm³/mol. The fourth-order valence-corrected chi connectivity index (χ4v) is 2.82. The van der Waals surface area contributed by atoms with Gasteiger partial charge in [0, 0.05) is 11.3 Å². The van der Waals surface area contributed by atoms with E-state index in [1.54, 1.807) is 0 Å². The maximum absolute atomic E-state index is 6.25. The lowest BCUT2D eigenvalue weighted by Gasteiger charge is -2.45. The van der Waals surface area contributed by atoms with Gasteiger partial charge in [0.2, 0.25) is 0 Å². The molecule has 1 aliphatic rings. The van der Waals surface area contributed by atoms with Crippen LogP contribution in [0.25, 0.3) is 0 Å². The molecule has 1 rings (SSSR count). The van der Waals surface area contributed by atoms with Crippen molar-refractivity contribution in [3.63, 3.8) is 0 Å². The fraction of sp³-hybridized carbons (Fsp3) is 1.00. The Morgan fingerprint density at radius 1 is 0.895 bits per heavy atom. The van der Waals surface area contributed by atoms with E-state index in [1.807, 2.05) is 0 Å². The lowest BCUT2D eigenvalue weighted by Crippen LogP contribution is -2.49. The zero-order valence-corrected chi connectivity index (χ0v) is 13.9. The quantitative estimate of drug-likeness (QED) is 0.621. The summed E-state index contributed by atoms with van der Waals surface area (Å²) in [4.78, 5) is 0. The van der Waals surface area contributed by atoms with Gasteiger partial charge in [0.05, 0.1) is 12.2 Å². The molecule has 1 saturated heterocycles. The zero-order valence-electron chi connectivity index (χ0n) is 13.9. The molecular weight excluding hydrogens is 236 g/mol. The van der Waals surface area contributed by atoms with E-state index in [9.17, 15) is 0 Å². The molecule has 4 atom stereocenters. The van der Waals surface area contributed by atoms with Crippen molar-refractivity contribution in [3.8, 4) is 0 Å². The van der Waals surface area contributed by atoms with Crippen LogP contribution in [0.1, 0.15) is 80.1 Å². The van der Waals surface area contributed by atoms with E-state index in [0.717, 1.165) is 6.42 Å². The third-order valence-electron chi connectivity index (χ3n) is 4.22. The van der Waals surface area contributed by atoms with Gasteiger partial charge in [0.25, 0.3) is 0 Å². The summed E-state index contributed by atoms with van der Waals surface area (Å²) in [5.41, 5.74) is 0.0647. The molecule has 0 saturated carbocycles. The summed E-state index contributed by atoms with van der Waals surface area (Å²) in [6.45, 7) is 13.4. The number of rotatable bonds is 6. The highest BCUT2D eigenvalue weighted by Gasteiger charge is 2.40. The topological polar surface area (TPSA) is 18.5 Å². The molecule has 0 N–H and O–H groups in total. The van der Waals surface area contributed by atoms with E-state index in [0.29, 0.717) is 18.1 Å². The summed E-state index contributed by atoms with van der Waals surface area (Å²) in [6, 6.07) is 0. The minimum absolute atomic E-state index is 0.0511. The largest absolute Gasteiger partial charge is 0.348 e. The van der Waals surface area contributed by atoms with Crippen LogP contribution in [0.4, 0.5) is 0 Å².